The van der Waals surface area contributed by atoms with Gasteiger partial charge < -0.3 is 5.73 Å². The minimum absolute atomic E-state index is 0.289. The summed E-state index contributed by atoms with van der Waals surface area (Å²) < 4.78 is 0. The summed E-state index contributed by atoms with van der Waals surface area (Å²) in [6.07, 6.45) is 4.20. The monoisotopic (exact) mass is 209 g/mol. The molecule has 0 spiro atoms. The van der Waals surface area contributed by atoms with Crippen LogP contribution in [0.25, 0.3) is 0 Å². The zero-order valence-electron chi connectivity index (χ0n) is 8.99. The summed E-state index contributed by atoms with van der Waals surface area (Å²) >= 11 is 1.81. The molecular formula is C12H19NS. The molecule has 2 N–H and O–H groups in total. The van der Waals surface area contributed by atoms with E-state index in [-0.39, 0.29) is 6.04 Å². The molecule has 0 bridgehead atoms. The van der Waals surface area contributed by atoms with E-state index in [4.69, 9.17) is 5.73 Å². The maximum atomic E-state index is 5.97. The Kier molecular flexibility index (Phi) is 5.05. The minimum atomic E-state index is 0.289. The molecule has 1 aromatic carbocycles. The third-order valence-corrected chi connectivity index (χ3v) is 3.07. The van der Waals surface area contributed by atoms with Gasteiger partial charge in [0.1, 0.15) is 0 Å². The van der Waals surface area contributed by atoms with Crippen LogP contribution in [0.5, 0.6) is 0 Å². The van der Waals surface area contributed by atoms with Gasteiger partial charge >= 0.3 is 0 Å². The van der Waals surface area contributed by atoms with Gasteiger partial charge in [-0.25, -0.2) is 0 Å². The normalized spacial score (nSPS) is 12.8. The topological polar surface area (TPSA) is 26.0 Å². The van der Waals surface area contributed by atoms with Crippen molar-refractivity contribution in [1.82, 2.24) is 0 Å². The summed E-state index contributed by atoms with van der Waals surface area (Å²) in [5.74, 6) is 1.04. The van der Waals surface area contributed by atoms with E-state index in [1.165, 1.54) is 11.1 Å². The van der Waals surface area contributed by atoms with Gasteiger partial charge in [-0.1, -0.05) is 31.2 Å². The molecule has 0 amide bonds. The van der Waals surface area contributed by atoms with Gasteiger partial charge in [0.15, 0.2) is 0 Å². The smallest absolute Gasteiger partial charge is 0.0171 e. The van der Waals surface area contributed by atoms with Crippen LogP contribution in [0.4, 0.5) is 0 Å². The molecule has 2 heteroatoms. The van der Waals surface area contributed by atoms with Crippen molar-refractivity contribution < 1.29 is 0 Å². The van der Waals surface area contributed by atoms with Crippen molar-refractivity contribution >= 4 is 11.8 Å². The van der Waals surface area contributed by atoms with Crippen LogP contribution in [-0.2, 0) is 12.8 Å². The van der Waals surface area contributed by atoms with E-state index < -0.39 is 0 Å². The van der Waals surface area contributed by atoms with Crippen LogP contribution in [0.2, 0.25) is 0 Å². The number of rotatable bonds is 5. The van der Waals surface area contributed by atoms with E-state index in [9.17, 15) is 0 Å². The fourth-order valence-electron chi connectivity index (χ4n) is 1.49. The Labute approximate surface area is 91.1 Å². The van der Waals surface area contributed by atoms with Crippen molar-refractivity contribution in [2.45, 2.75) is 25.8 Å². The first-order valence-electron chi connectivity index (χ1n) is 5.08. The highest BCUT2D eigenvalue weighted by atomic mass is 32.2. The van der Waals surface area contributed by atoms with E-state index in [1.807, 2.05) is 11.8 Å². The van der Waals surface area contributed by atoms with E-state index in [1.54, 1.807) is 0 Å². The number of benzene rings is 1. The molecule has 1 rings (SSSR count). The van der Waals surface area contributed by atoms with Crippen molar-refractivity contribution in [2.24, 2.45) is 5.73 Å². The van der Waals surface area contributed by atoms with Gasteiger partial charge in [0.2, 0.25) is 0 Å². The second-order valence-electron chi connectivity index (χ2n) is 3.59. The lowest BCUT2D eigenvalue weighted by molar-refractivity contribution is 0.749. The standard InChI is InChI=1S/C12H19NS/c1-3-10-4-6-11(7-5-10)8-12(13)9-14-2/h4-7,12H,3,8-9,13H2,1-2H3. The fraction of sp³-hybridized carbons (Fsp3) is 0.500. The van der Waals surface area contributed by atoms with E-state index in [2.05, 4.69) is 37.4 Å². The highest BCUT2D eigenvalue weighted by Gasteiger charge is 2.02. The summed E-state index contributed by atoms with van der Waals surface area (Å²) in [6.45, 7) is 2.18. The van der Waals surface area contributed by atoms with Gasteiger partial charge in [-0.05, 0) is 30.2 Å². The van der Waals surface area contributed by atoms with Gasteiger partial charge in [0, 0.05) is 11.8 Å². The van der Waals surface area contributed by atoms with Crippen LogP contribution >= 0.6 is 11.8 Å². The first kappa shape index (κ1) is 11.6. The molecule has 0 saturated carbocycles. The van der Waals surface area contributed by atoms with Crippen LogP contribution in [0.1, 0.15) is 18.1 Å². The van der Waals surface area contributed by atoms with Crippen LogP contribution in [0.3, 0.4) is 0 Å². The van der Waals surface area contributed by atoms with Crippen LogP contribution in [0, 0.1) is 0 Å². The number of hydrogen-bond donors (Lipinski definition) is 1. The molecule has 0 heterocycles. The zero-order chi connectivity index (χ0) is 10.4. The van der Waals surface area contributed by atoms with Gasteiger partial charge in [-0.2, -0.15) is 11.8 Å². The fourth-order valence-corrected chi connectivity index (χ4v) is 2.03. The largest absolute Gasteiger partial charge is 0.327 e. The quantitative estimate of drug-likeness (QED) is 0.806. The second-order valence-corrected chi connectivity index (χ2v) is 4.50. The van der Waals surface area contributed by atoms with Crippen molar-refractivity contribution in [3.8, 4) is 0 Å². The van der Waals surface area contributed by atoms with Crippen LogP contribution in [-0.4, -0.2) is 18.1 Å². The Morgan fingerprint density at radius 3 is 2.29 bits per heavy atom. The predicted molar refractivity (Wildman–Crippen MR) is 65.9 cm³/mol. The van der Waals surface area contributed by atoms with Gasteiger partial charge in [0.25, 0.3) is 0 Å². The average Bonchev–Trinajstić information content (AvgIpc) is 2.19. The van der Waals surface area contributed by atoms with Crippen LogP contribution in [0.15, 0.2) is 24.3 Å². The molecule has 1 nitrogen and oxygen atoms in total. The Bertz CT molecular complexity index is 256. The van der Waals surface area contributed by atoms with Crippen molar-refractivity contribution in [2.75, 3.05) is 12.0 Å². The van der Waals surface area contributed by atoms with Crippen molar-refractivity contribution in [3.63, 3.8) is 0 Å². The molecule has 1 unspecified atom stereocenters. The number of aryl methyl sites for hydroxylation is 1. The lowest BCUT2D eigenvalue weighted by Gasteiger charge is -2.09. The maximum Gasteiger partial charge on any atom is 0.0171 e. The Morgan fingerprint density at radius 1 is 1.21 bits per heavy atom. The first-order chi connectivity index (χ1) is 6.76. The molecule has 0 fully saturated rings. The molecule has 0 aromatic heterocycles. The summed E-state index contributed by atoms with van der Waals surface area (Å²) in [5.41, 5.74) is 8.71. The third kappa shape index (κ3) is 3.72. The van der Waals surface area contributed by atoms with Gasteiger partial charge in [-0.15, -0.1) is 0 Å². The number of hydrogen-bond acceptors (Lipinski definition) is 2. The summed E-state index contributed by atoms with van der Waals surface area (Å²) in [5, 5.41) is 0. The molecule has 0 saturated heterocycles. The van der Waals surface area contributed by atoms with E-state index >= 15 is 0 Å². The molecular weight excluding hydrogens is 190 g/mol. The molecule has 0 aliphatic rings. The highest BCUT2D eigenvalue weighted by molar-refractivity contribution is 7.98. The molecule has 1 aromatic rings. The Morgan fingerprint density at radius 2 is 1.79 bits per heavy atom. The molecule has 1 atom stereocenters. The third-order valence-electron chi connectivity index (χ3n) is 2.31. The Balaban J connectivity index is 2.50. The number of thioether (sulfide) groups is 1. The van der Waals surface area contributed by atoms with E-state index in [0.717, 1.165) is 18.6 Å². The lowest BCUT2D eigenvalue weighted by atomic mass is 10.0. The molecule has 0 aliphatic heterocycles. The zero-order valence-corrected chi connectivity index (χ0v) is 9.81. The lowest BCUT2D eigenvalue weighted by Crippen LogP contribution is -2.25. The molecule has 78 valence electrons. The van der Waals surface area contributed by atoms with Crippen LogP contribution < -0.4 is 5.73 Å². The summed E-state index contributed by atoms with van der Waals surface area (Å²) in [7, 11) is 0. The number of nitrogens with two attached hydrogens (primary N) is 1. The highest BCUT2D eigenvalue weighted by Crippen LogP contribution is 2.08. The Hall–Kier alpha value is -0.470. The SMILES string of the molecule is CCc1ccc(CC(N)CSC)cc1. The van der Waals surface area contributed by atoms with Crippen molar-refractivity contribution in [3.05, 3.63) is 35.4 Å². The molecule has 14 heavy (non-hydrogen) atoms. The van der Waals surface area contributed by atoms with Crippen molar-refractivity contribution in [1.29, 1.82) is 0 Å². The van der Waals surface area contributed by atoms with Gasteiger partial charge in [0.05, 0.1) is 0 Å². The van der Waals surface area contributed by atoms with Gasteiger partial charge in [-0.3, -0.25) is 0 Å². The second kappa shape index (κ2) is 6.10. The summed E-state index contributed by atoms with van der Waals surface area (Å²) in [6, 6.07) is 9.07. The molecule has 0 aliphatic carbocycles. The maximum absolute atomic E-state index is 5.97. The molecule has 0 radical (unpaired) electrons. The first-order valence-corrected chi connectivity index (χ1v) is 6.48. The summed E-state index contributed by atoms with van der Waals surface area (Å²) in [4.78, 5) is 0. The predicted octanol–water partition coefficient (Wildman–Crippen LogP) is 2.48. The minimum Gasteiger partial charge on any atom is -0.327 e. The average molecular weight is 209 g/mol. The van der Waals surface area contributed by atoms with E-state index in [0.29, 0.717) is 0 Å².